The topological polar surface area (TPSA) is 79.2 Å². The van der Waals surface area contributed by atoms with Gasteiger partial charge in [0, 0.05) is 0 Å². The maximum atomic E-state index is 10.3. The minimum absolute atomic E-state index is 0.144. The highest BCUT2D eigenvalue weighted by molar-refractivity contribution is 5.33. The molecule has 0 aliphatic heterocycles. The fourth-order valence-electron chi connectivity index (χ4n) is 4.42. The van der Waals surface area contributed by atoms with Gasteiger partial charge in [0.25, 0.3) is 0 Å². The summed E-state index contributed by atoms with van der Waals surface area (Å²) in [5, 5.41) is 29.3. The number of phenolic OH excluding ortho intramolecular Hbond substituents is 2. The van der Waals surface area contributed by atoms with E-state index in [0.29, 0.717) is 23.3 Å². The highest BCUT2D eigenvalue weighted by Crippen LogP contribution is 2.25. The largest absolute Gasteiger partial charge is 0.508 e. The Kier molecular flexibility index (Phi) is 9.28. The molecular formula is C33H36O5. The Morgan fingerprint density at radius 2 is 0.868 bits per heavy atom. The van der Waals surface area contributed by atoms with Crippen LogP contribution in [0.3, 0.4) is 0 Å². The molecule has 0 aliphatic rings. The molecule has 4 aromatic rings. The van der Waals surface area contributed by atoms with Crippen molar-refractivity contribution in [3.63, 3.8) is 0 Å². The third-order valence-electron chi connectivity index (χ3n) is 6.74. The fourth-order valence-corrected chi connectivity index (χ4v) is 4.42. The van der Waals surface area contributed by atoms with Gasteiger partial charge in [-0.15, -0.1) is 0 Å². The van der Waals surface area contributed by atoms with Crippen LogP contribution < -0.4 is 9.47 Å². The van der Waals surface area contributed by atoms with Gasteiger partial charge in [-0.25, -0.2) is 0 Å². The summed E-state index contributed by atoms with van der Waals surface area (Å²) in [6.07, 6.45) is 1.02. The van der Waals surface area contributed by atoms with E-state index in [1.54, 1.807) is 24.3 Å². The average Bonchev–Trinajstić information content (AvgIpc) is 2.93. The SMILES string of the molecule is CC(Cc1ccc(OCC(O)COc2ccc(CC(C)c3ccc(O)cc3)cc2)cc1)c1ccc(O)cc1. The van der Waals surface area contributed by atoms with Gasteiger partial charge in [-0.05, 0) is 95.5 Å². The summed E-state index contributed by atoms with van der Waals surface area (Å²) in [5.41, 5.74) is 4.76. The monoisotopic (exact) mass is 512 g/mol. The van der Waals surface area contributed by atoms with E-state index in [4.69, 9.17) is 9.47 Å². The van der Waals surface area contributed by atoms with Crippen LogP contribution >= 0.6 is 0 Å². The van der Waals surface area contributed by atoms with Crippen molar-refractivity contribution in [2.45, 2.75) is 44.6 Å². The summed E-state index contributed by atoms with van der Waals surface area (Å²) in [4.78, 5) is 0. The Bertz CT molecular complexity index is 1150. The van der Waals surface area contributed by atoms with Crippen LogP contribution in [-0.2, 0) is 12.8 Å². The molecule has 0 radical (unpaired) electrons. The Balaban J connectivity index is 1.18. The van der Waals surface area contributed by atoms with Crippen LogP contribution in [0, 0.1) is 0 Å². The number of hydrogen-bond donors (Lipinski definition) is 3. The van der Waals surface area contributed by atoms with Gasteiger partial charge in [-0.1, -0.05) is 62.4 Å². The van der Waals surface area contributed by atoms with Gasteiger partial charge < -0.3 is 24.8 Å². The number of aliphatic hydroxyl groups excluding tert-OH is 1. The molecule has 2 atom stereocenters. The predicted octanol–water partition coefficient (Wildman–Crippen LogP) is 6.61. The van der Waals surface area contributed by atoms with Crippen LogP contribution in [0.1, 0.15) is 47.9 Å². The Labute approximate surface area is 224 Å². The number of rotatable bonds is 12. The molecule has 38 heavy (non-hydrogen) atoms. The van der Waals surface area contributed by atoms with Crippen LogP contribution in [0.4, 0.5) is 0 Å². The highest BCUT2D eigenvalue weighted by atomic mass is 16.5. The van der Waals surface area contributed by atoms with Gasteiger partial charge in [-0.3, -0.25) is 0 Å². The lowest BCUT2D eigenvalue weighted by molar-refractivity contribution is 0.0626. The fraction of sp³-hybridized carbons (Fsp3) is 0.273. The third-order valence-corrected chi connectivity index (χ3v) is 6.74. The lowest BCUT2D eigenvalue weighted by atomic mass is 9.94. The molecule has 0 aliphatic carbocycles. The maximum absolute atomic E-state index is 10.3. The number of phenols is 2. The van der Waals surface area contributed by atoms with Crippen molar-refractivity contribution in [3.05, 3.63) is 119 Å². The van der Waals surface area contributed by atoms with Crippen LogP contribution in [0.2, 0.25) is 0 Å². The number of aromatic hydroxyl groups is 2. The van der Waals surface area contributed by atoms with E-state index >= 15 is 0 Å². The van der Waals surface area contributed by atoms with Crippen LogP contribution in [0.5, 0.6) is 23.0 Å². The first-order chi connectivity index (χ1) is 18.4. The van der Waals surface area contributed by atoms with Crippen molar-refractivity contribution in [2.75, 3.05) is 13.2 Å². The van der Waals surface area contributed by atoms with Crippen LogP contribution in [-0.4, -0.2) is 34.6 Å². The molecule has 0 aromatic heterocycles. The van der Waals surface area contributed by atoms with E-state index < -0.39 is 6.10 Å². The second-order valence-electron chi connectivity index (χ2n) is 9.96. The van der Waals surface area contributed by atoms with E-state index in [0.717, 1.165) is 12.8 Å². The first kappa shape index (κ1) is 27.1. The Morgan fingerprint density at radius 1 is 0.526 bits per heavy atom. The van der Waals surface area contributed by atoms with Gasteiger partial charge in [-0.2, -0.15) is 0 Å². The van der Waals surface area contributed by atoms with E-state index in [1.807, 2.05) is 72.8 Å². The second kappa shape index (κ2) is 13.0. The van der Waals surface area contributed by atoms with Crippen molar-refractivity contribution < 1.29 is 24.8 Å². The van der Waals surface area contributed by atoms with E-state index in [-0.39, 0.29) is 24.7 Å². The van der Waals surface area contributed by atoms with Crippen molar-refractivity contribution in [1.29, 1.82) is 0 Å². The molecule has 0 heterocycles. The highest BCUT2D eigenvalue weighted by Gasteiger charge is 2.10. The predicted molar refractivity (Wildman–Crippen MR) is 150 cm³/mol. The molecule has 0 bridgehead atoms. The standard InChI is InChI=1S/C33H36O5/c1-23(27-7-11-29(34)12-8-27)19-25-3-15-32(16-4-25)37-21-31(36)22-38-33-17-5-26(6-18-33)20-24(2)28-9-13-30(35)14-10-28/h3-18,23-24,31,34-36H,19-22H2,1-2H3. The zero-order valence-corrected chi connectivity index (χ0v) is 22.0. The normalized spacial score (nSPS) is 13.4. The summed E-state index contributed by atoms with van der Waals surface area (Å²) in [6, 6.07) is 30.5. The molecule has 0 spiro atoms. The summed E-state index contributed by atoms with van der Waals surface area (Å²) in [7, 11) is 0. The molecule has 5 heteroatoms. The Hall–Kier alpha value is -3.96. The lowest BCUT2D eigenvalue weighted by Crippen LogP contribution is -2.25. The number of aliphatic hydroxyl groups is 1. The van der Waals surface area contributed by atoms with Crippen molar-refractivity contribution >= 4 is 0 Å². The zero-order valence-electron chi connectivity index (χ0n) is 22.0. The summed E-state index contributed by atoms with van der Waals surface area (Å²) < 4.78 is 11.5. The molecule has 0 saturated heterocycles. The van der Waals surface area contributed by atoms with Gasteiger partial charge in [0.1, 0.15) is 42.3 Å². The number of benzene rings is 4. The molecule has 2 unspecified atom stereocenters. The third kappa shape index (κ3) is 8.02. The van der Waals surface area contributed by atoms with E-state index in [9.17, 15) is 15.3 Å². The molecule has 3 N–H and O–H groups in total. The van der Waals surface area contributed by atoms with Gasteiger partial charge in [0.2, 0.25) is 0 Å². The first-order valence-electron chi connectivity index (χ1n) is 13.0. The molecule has 0 amide bonds. The number of ether oxygens (including phenoxy) is 2. The maximum Gasteiger partial charge on any atom is 0.122 e. The van der Waals surface area contributed by atoms with E-state index in [1.165, 1.54) is 22.3 Å². The van der Waals surface area contributed by atoms with Gasteiger partial charge >= 0.3 is 0 Å². The minimum atomic E-state index is -0.751. The lowest BCUT2D eigenvalue weighted by Gasteiger charge is -2.15. The minimum Gasteiger partial charge on any atom is -0.508 e. The zero-order chi connectivity index (χ0) is 26.9. The molecule has 4 aromatic carbocycles. The van der Waals surface area contributed by atoms with Gasteiger partial charge in [0.05, 0.1) is 0 Å². The molecule has 5 nitrogen and oxygen atoms in total. The number of hydrogen-bond acceptors (Lipinski definition) is 5. The van der Waals surface area contributed by atoms with Crippen LogP contribution in [0.15, 0.2) is 97.1 Å². The van der Waals surface area contributed by atoms with Crippen molar-refractivity contribution in [1.82, 2.24) is 0 Å². The smallest absolute Gasteiger partial charge is 0.122 e. The van der Waals surface area contributed by atoms with Crippen molar-refractivity contribution in [2.24, 2.45) is 0 Å². The van der Waals surface area contributed by atoms with Gasteiger partial charge in [0.15, 0.2) is 0 Å². The molecular weight excluding hydrogens is 476 g/mol. The Morgan fingerprint density at radius 3 is 1.21 bits per heavy atom. The summed E-state index contributed by atoms with van der Waals surface area (Å²) in [6.45, 7) is 4.62. The second-order valence-corrected chi connectivity index (χ2v) is 9.96. The van der Waals surface area contributed by atoms with Crippen LogP contribution in [0.25, 0.3) is 0 Å². The van der Waals surface area contributed by atoms with Crippen molar-refractivity contribution in [3.8, 4) is 23.0 Å². The van der Waals surface area contributed by atoms with E-state index in [2.05, 4.69) is 13.8 Å². The first-order valence-corrected chi connectivity index (χ1v) is 13.0. The summed E-state index contributed by atoms with van der Waals surface area (Å²) in [5.74, 6) is 2.63. The molecule has 0 fully saturated rings. The molecule has 198 valence electrons. The summed E-state index contributed by atoms with van der Waals surface area (Å²) >= 11 is 0. The molecule has 0 saturated carbocycles. The molecule has 4 rings (SSSR count). The average molecular weight is 513 g/mol. The quantitative estimate of drug-likeness (QED) is 0.199.